The number of alkyl halides is 3. The average molecular weight is 400 g/mol. The number of nitrogens with one attached hydrogen (secondary N) is 2. The highest BCUT2D eigenvalue weighted by atomic mass is 32.2. The van der Waals surface area contributed by atoms with Crippen molar-refractivity contribution < 1.29 is 32.2 Å². The monoisotopic (exact) mass is 400 g/mol. The molecule has 0 saturated heterocycles. The number of carbonyl (C=O) groups excluding carboxylic acids is 2. The number of hydrogen-bond acceptors (Lipinski definition) is 5. The normalized spacial score (nSPS) is 10.9. The first kappa shape index (κ1) is 20.4. The summed E-state index contributed by atoms with van der Waals surface area (Å²) in [5, 5.41) is 0. The Morgan fingerprint density at radius 2 is 1.33 bits per heavy atom. The molecule has 0 aliphatic rings. The van der Waals surface area contributed by atoms with Crippen molar-refractivity contribution >= 4 is 23.6 Å². The van der Waals surface area contributed by atoms with Crippen LogP contribution in [0.2, 0.25) is 0 Å². The summed E-state index contributed by atoms with van der Waals surface area (Å²) in [6.07, 6.45) is 0. The molecule has 2 rings (SSSR count). The molecule has 2 amide bonds. The third-order valence-electron chi connectivity index (χ3n) is 3.25. The Balaban J connectivity index is 2.00. The molecule has 144 valence electrons. The predicted octanol–water partition coefficient (Wildman–Crippen LogP) is 3.39. The van der Waals surface area contributed by atoms with Crippen molar-refractivity contribution in [2.75, 3.05) is 14.2 Å². The van der Waals surface area contributed by atoms with Crippen LogP contribution in [0.25, 0.3) is 0 Å². The van der Waals surface area contributed by atoms with E-state index in [-0.39, 0.29) is 27.8 Å². The zero-order chi connectivity index (χ0) is 20.0. The predicted molar refractivity (Wildman–Crippen MR) is 92.8 cm³/mol. The van der Waals surface area contributed by atoms with E-state index in [1.165, 1.54) is 50.6 Å². The first-order valence-corrected chi connectivity index (χ1v) is 8.23. The molecule has 0 aliphatic carbocycles. The molecule has 2 aromatic carbocycles. The maximum absolute atomic E-state index is 12.3. The molecule has 10 heteroatoms. The zero-order valence-corrected chi connectivity index (χ0v) is 15.0. The van der Waals surface area contributed by atoms with Crippen LogP contribution in [0.1, 0.15) is 20.7 Å². The number of ether oxygens (including phenoxy) is 2. The molecule has 27 heavy (non-hydrogen) atoms. The molecular formula is C17H15F3N2O4S. The second-order valence-corrected chi connectivity index (χ2v) is 6.22. The molecule has 0 spiro atoms. The molecule has 0 heterocycles. The number of hydrogen-bond donors (Lipinski definition) is 2. The van der Waals surface area contributed by atoms with Crippen molar-refractivity contribution in [3.8, 4) is 11.5 Å². The summed E-state index contributed by atoms with van der Waals surface area (Å²) < 4.78 is 47.0. The summed E-state index contributed by atoms with van der Waals surface area (Å²) in [7, 11) is 2.86. The maximum atomic E-state index is 12.3. The summed E-state index contributed by atoms with van der Waals surface area (Å²) in [5.74, 6) is -0.515. The van der Waals surface area contributed by atoms with Crippen molar-refractivity contribution in [1.82, 2.24) is 10.9 Å². The standard InChI is InChI=1S/C17H15F3N2O4S/c1-25-12-7-11(8-13(9-12)26-2)16(24)22-21-15(23)10-3-5-14(6-4-10)27-17(18,19)20/h3-9H,1-2H3,(H,21,23)(H,22,24). The van der Waals surface area contributed by atoms with Crippen molar-refractivity contribution in [3.63, 3.8) is 0 Å². The molecule has 2 N–H and O–H groups in total. The van der Waals surface area contributed by atoms with Crippen LogP contribution in [0, 0.1) is 0 Å². The highest BCUT2D eigenvalue weighted by molar-refractivity contribution is 8.00. The van der Waals surface area contributed by atoms with Gasteiger partial charge in [0.25, 0.3) is 11.8 Å². The summed E-state index contributed by atoms with van der Waals surface area (Å²) >= 11 is -0.282. The fourth-order valence-corrected chi connectivity index (χ4v) is 2.54. The van der Waals surface area contributed by atoms with E-state index in [2.05, 4.69) is 10.9 Å². The lowest BCUT2D eigenvalue weighted by Gasteiger charge is -2.10. The van der Waals surface area contributed by atoms with Crippen molar-refractivity contribution in [3.05, 3.63) is 53.6 Å². The Kier molecular flexibility index (Phi) is 6.56. The molecule has 0 fully saturated rings. The molecule has 0 aromatic heterocycles. The summed E-state index contributed by atoms with van der Waals surface area (Å²) in [6, 6.07) is 9.27. The largest absolute Gasteiger partial charge is 0.497 e. The summed E-state index contributed by atoms with van der Waals surface area (Å²) in [4.78, 5) is 24.1. The number of amides is 2. The van der Waals surface area contributed by atoms with Crippen LogP contribution in [0.15, 0.2) is 47.4 Å². The molecule has 0 atom stereocenters. The van der Waals surface area contributed by atoms with Crippen molar-refractivity contribution in [2.24, 2.45) is 0 Å². The first-order valence-electron chi connectivity index (χ1n) is 7.41. The van der Waals surface area contributed by atoms with Gasteiger partial charge in [-0.1, -0.05) is 0 Å². The highest BCUT2D eigenvalue weighted by Crippen LogP contribution is 2.36. The Labute approximate surface area is 157 Å². The van der Waals surface area contributed by atoms with Gasteiger partial charge in [-0.3, -0.25) is 20.4 Å². The Hall–Kier alpha value is -2.88. The number of thioether (sulfide) groups is 1. The minimum absolute atomic E-state index is 0.0495. The van der Waals surface area contributed by atoms with Crippen LogP contribution in [0.4, 0.5) is 13.2 Å². The van der Waals surface area contributed by atoms with E-state index >= 15 is 0 Å². The third kappa shape index (κ3) is 6.10. The van der Waals surface area contributed by atoms with Crippen LogP contribution < -0.4 is 20.3 Å². The van der Waals surface area contributed by atoms with E-state index < -0.39 is 17.3 Å². The van der Waals surface area contributed by atoms with Gasteiger partial charge < -0.3 is 9.47 Å². The minimum Gasteiger partial charge on any atom is -0.497 e. The number of rotatable bonds is 5. The van der Waals surface area contributed by atoms with E-state index in [0.29, 0.717) is 11.5 Å². The topological polar surface area (TPSA) is 76.7 Å². The lowest BCUT2D eigenvalue weighted by Crippen LogP contribution is -2.41. The highest BCUT2D eigenvalue weighted by Gasteiger charge is 2.29. The smallest absolute Gasteiger partial charge is 0.446 e. The van der Waals surface area contributed by atoms with Gasteiger partial charge in [-0.15, -0.1) is 0 Å². The van der Waals surface area contributed by atoms with Gasteiger partial charge in [0.1, 0.15) is 11.5 Å². The molecule has 0 unspecified atom stereocenters. The first-order chi connectivity index (χ1) is 12.7. The van der Waals surface area contributed by atoms with Crippen molar-refractivity contribution in [1.29, 1.82) is 0 Å². The van der Waals surface area contributed by atoms with Gasteiger partial charge in [0, 0.05) is 22.1 Å². The van der Waals surface area contributed by atoms with Gasteiger partial charge in [0.2, 0.25) is 0 Å². The number of carbonyl (C=O) groups is 2. The van der Waals surface area contributed by atoms with E-state index in [1.807, 2.05) is 0 Å². The molecular weight excluding hydrogens is 385 g/mol. The van der Waals surface area contributed by atoms with E-state index in [4.69, 9.17) is 9.47 Å². The van der Waals surface area contributed by atoms with E-state index in [0.717, 1.165) is 0 Å². The summed E-state index contributed by atoms with van der Waals surface area (Å²) in [5.41, 5.74) is 0.273. The Bertz CT molecular complexity index is 804. The lowest BCUT2D eigenvalue weighted by molar-refractivity contribution is -0.0328. The van der Waals surface area contributed by atoms with Gasteiger partial charge in [-0.2, -0.15) is 13.2 Å². The Morgan fingerprint density at radius 3 is 1.78 bits per heavy atom. The molecule has 6 nitrogen and oxygen atoms in total. The van der Waals surface area contributed by atoms with Gasteiger partial charge in [0.15, 0.2) is 0 Å². The van der Waals surface area contributed by atoms with E-state index in [1.54, 1.807) is 6.07 Å². The quantitative estimate of drug-likeness (QED) is 0.594. The third-order valence-corrected chi connectivity index (χ3v) is 3.99. The molecule has 0 aliphatic heterocycles. The molecule has 0 saturated carbocycles. The lowest BCUT2D eigenvalue weighted by atomic mass is 10.2. The maximum Gasteiger partial charge on any atom is 0.446 e. The van der Waals surface area contributed by atoms with Gasteiger partial charge in [-0.25, -0.2) is 0 Å². The van der Waals surface area contributed by atoms with Gasteiger partial charge in [0.05, 0.1) is 14.2 Å². The second kappa shape index (κ2) is 8.67. The van der Waals surface area contributed by atoms with Crippen LogP contribution in [-0.4, -0.2) is 31.5 Å². The fraction of sp³-hybridized carbons (Fsp3) is 0.176. The second-order valence-electron chi connectivity index (χ2n) is 5.08. The van der Waals surface area contributed by atoms with Crippen LogP contribution in [0.5, 0.6) is 11.5 Å². The number of hydrazine groups is 1. The van der Waals surface area contributed by atoms with E-state index in [9.17, 15) is 22.8 Å². The Morgan fingerprint density at radius 1 is 0.852 bits per heavy atom. The number of halogens is 3. The zero-order valence-electron chi connectivity index (χ0n) is 14.2. The van der Waals surface area contributed by atoms with Gasteiger partial charge >= 0.3 is 5.51 Å². The molecule has 0 radical (unpaired) electrons. The SMILES string of the molecule is COc1cc(OC)cc(C(=O)NNC(=O)c2ccc(SC(F)(F)F)cc2)c1. The fourth-order valence-electron chi connectivity index (χ4n) is 2.00. The molecule has 0 bridgehead atoms. The number of methoxy groups -OCH3 is 2. The minimum atomic E-state index is -4.41. The van der Waals surface area contributed by atoms with Crippen LogP contribution in [0.3, 0.4) is 0 Å². The molecule has 2 aromatic rings. The summed E-state index contributed by atoms with van der Waals surface area (Å²) in [6.45, 7) is 0. The average Bonchev–Trinajstić information content (AvgIpc) is 2.64. The van der Waals surface area contributed by atoms with Crippen LogP contribution in [-0.2, 0) is 0 Å². The number of benzene rings is 2. The van der Waals surface area contributed by atoms with Crippen LogP contribution >= 0.6 is 11.8 Å². The van der Waals surface area contributed by atoms with Crippen molar-refractivity contribution in [2.45, 2.75) is 10.4 Å². The van der Waals surface area contributed by atoms with Gasteiger partial charge in [-0.05, 0) is 48.2 Å².